The third-order valence-corrected chi connectivity index (χ3v) is 4.83. The van der Waals surface area contributed by atoms with E-state index in [0.717, 1.165) is 37.7 Å². The van der Waals surface area contributed by atoms with Crippen LogP contribution >= 0.6 is 0 Å². The van der Waals surface area contributed by atoms with Gasteiger partial charge in [-0.25, -0.2) is 4.98 Å². The maximum Gasteiger partial charge on any atom is 0.138 e. The van der Waals surface area contributed by atoms with E-state index in [0.29, 0.717) is 11.5 Å². The quantitative estimate of drug-likeness (QED) is 0.833. The Balaban J connectivity index is 2.11. The van der Waals surface area contributed by atoms with Crippen LogP contribution in [0.2, 0.25) is 0 Å². The Morgan fingerprint density at radius 1 is 1.45 bits per heavy atom. The van der Waals surface area contributed by atoms with Crippen molar-refractivity contribution in [3.8, 4) is 0 Å². The lowest BCUT2D eigenvalue weighted by Gasteiger charge is -2.34. The van der Waals surface area contributed by atoms with Crippen LogP contribution in [0.15, 0.2) is 6.33 Å². The molecule has 2 rings (SSSR count). The topological polar surface area (TPSA) is 42.7 Å². The lowest BCUT2D eigenvalue weighted by molar-refractivity contribution is 0.194. The molecule has 1 aliphatic carbocycles. The number of aromatic nitrogens is 3. The van der Waals surface area contributed by atoms with Crippen molar-refractivity contribution >= 4 is 0 Å². The summed E-state index contributed by atoms with van der Waals surface area (Å²) in [5.74, 6) is 1.88. The Morgan fingerprint density at radius 2 is 2.25 bits per heavy atom. The van der Waals surface area contributed by atoms with Crippen LogP contribution in [-0.4, -0.2) is 27.4 Å². The van der Waals surface area contributed by atoms with Crippen molar-refractivity contribution in [3.63, 3.8) is 0 Å². The lowest BCUT2D eigenvalue weighted by Crippen LogP contribution is -2.42. The van der Waals surface area contributed by atoms with Gasteiger partial charge < -0.3 is 5.32 Å². The molecule has 4 heteroatoms. The monoisotopic (exact) mass is 278 g/mol. The normalized spacial score (nSPS) is 23.1. The van der Waals surface area contributed by atoms with Crippen LogP contribution in [0.25, 0.3) is 0 Å². The summed E-state index contributed by atoms with van der Waals surface area (Å²) in [6.07, 6.45) is 7.86. The molecule has 114 valence electrons. The van der Waals surface area contributed by atoms with Crippen molar-refractivity contribution in [2.75, 3.05) is 6.54 Å². The number of nitrogens with one attached hydrogen (secondary N) is 1. The first-order valence-electron chi connectivity index (χ1n) is 8.18. The van der Waals surface area contributed by atoms with Crippen molar-refractivity contribution in [1.29, 1.82) is 0 Å². The smallest absolute Gasteiger partial charge is 0.138 e. The zero-order valence-electron chi connectivity index (χ0n) is 13.5. The fourth-order valence-corrected chi connectivity index (χ4v) is 3.76. The third-order valence-electron chi connectivity index (χ3n) is 4.83. The third kappa shape index (κ3) is 3.40. The van der Waals surface area contributed by atoms with E-state index >= 15 is 0 Å². The van der Waals surface area contributed by atoms with Crippen molar-refractivity contribution < 1.29 is 0 Å². The molecule has 1 N–H and O–H groups in total. The average Bonchev–Trinajstić information content (AvgIpc) is 2.96. The molecule has 4 nitrogen and oxygen atoms in total. The molecular weight excluding hydrogens is 248 g/mol. The van der Waals surface area contributed by atoms with Crippen LogP contribution in [0.5, 0.6) is 0 Å². The van der Waals surface area contributed by atoms with Gasteiger partial charge in [0.25, 0.3) is 0 Å². The summed E-state index contributed by atoms with van der Waals surface area (Å²) < 4.78 is 2.08. The van der Waals surface area contributed by atoms with E-state index in [1.54, 1.807) is 6.33 Å². The predicted molar refractivity (Wildman–Crippen MR) is 82.6 cm³/mol. The highest BCUT2D eigenvalue weighted by molar-refractivity contribution is 4.98. The van der Waals surface area contributed by atoms with Gasteiger partial charge in [0.2, 0.25) is 0 Å². The number of hydrogen-bond donors (Lipinski definition) is 1. The highest BCUT2D eigenvalue weighted by Crippen LogP contribution is 2.44. The van der Waals surface area contributed by atoms with Gasteiger partial charge in [-0.3, -0.25) is 4.68 Å². The summed E-state index contributed by atoms with van der Waals surface area (Å²) in [5.41, 5.74) is 0.447. The average molecular weight is 278 g/mol. The zero-order chi connectivity index (χ0) is 14.6. The van der Waals surface area contributed by atoms with Gasteiger partial charge in [-0.05, 0) is 37.1 Å². The molecule has 1 aromatic rings. The van der Waals surface area contributed by atoms with E-state index < -0.39 is 0 Å². The second-order valence-corrected chi connectivity index (χ2v) is 6.76. The number of likely N-dealkylation sites (N-methyl/N-ethyl adjacent to an activating group) is 1. The molecule has 20 heavy (non-hydrogen) atoms. The molecule has 0 aromatic carbocycles. The van der Waals surface area contributed by atoms with E-state index in [-0.39, 0.29) is 0 Å². The van der Waals surface area contributed by atoms with E-state index in [9.17, 15) is 0 Å². The molecule has 1 aromatic heterocycles. The molecule has 1 fully saturated rings. The molecule has 0 amide bonds. The highest BCUT2D eigenvalue weighted by Gasteiger charge is 2.39. The predicted octanol–water partition coefficient (Wildman–Crippen LogP) is 3.04. The molecule has 1 heterocycles. The van der Waals surface area contributed by atoms with Crippen molar-refractivity contribution in [2.24, 2.45) is 11.3 Å². The number of aryl methyl sites for hydroxylation is 1. The Bertz CT molecular complexity index is 410. The maximum absolute atomic E-state index is 4.49. The van der Waals surface area contributed by atoms with Gasteiger partial charge >= 0.3 is 0 Å². The fourth-order valence-electron chi connectivity index (χ4n) is 3.76. The molecule has 0 aliphatic heterocycles. The van der Waals surface area contributed by atoms with E-state index in [4.69, 9.17) is 0 Å². The minimum absolute atomic E-state index is 0.447. The van der Waals surface area contributed by atoms with Gasteiger partial charge in [-0.1, -0.05) is 34.1 Å². The van der Waals surface area contributed by atoms with Crippen LogP contribution < -0.4 is 5.32 Å². The molecule has 2 atom stereocenters. The van der Waals surface area contributed by atoms with Crippen molar-refractivity contribution in [1.82, 2.24) is 20.1 Å². The summed E-state index contributed by atoms with van der Waals surface area (Å²) >= 11 is 0. The summed E-state index contributed by atoms with van der Waals surface area (Å²) in [7, 11) is 0. The molecule has 0 radical (unpaired) electrons. The number of nitrogens with zero attached hydrogens (tertiary/aromatic N) is 3. The zero-order valence-corrected chi connectivity index (χ0v) is 13.5. The van der Waals surface area contributed by atoms with Crippen LogP contribution in [0.1, 0.15) is 59.2 Å². The highest BCUT2D eigenvalue weighted by atomic mass is 15.3. The summed E-state index contributed by atoms with van der Waals surface area (Å²) in [6, 6.07) is 0.525. The molecular formula is C16H30N4. The largest absolute Gasteiger partial charge is 0.314 e. The Labute approximate surface area is 123 Å². The number of rotatable bonds is 7. The molecule has 1 aliphatic rings. The maximum atomic E-state index is 4.49. The minimum Gasteiger partial charge on any atom is -0.314 e. The van der Waals surface area contributed by atoms with Crippen molar-refractivity contribution in [3.05, 3.63) is 12.2 Å². The van der Waals surface area contributed by atoms with Gasteiger partial charge in [-0.2, -0.15) is 5.10 Å². The second kappa shape index (κ2) is 6.70. The first-order valence-corrected chi connectivity index (χ1v) is 8.18. The summed E-state index contributed by atoms with van der Waals surface area (Å²) in [5, 5.41) is 8.07. The SMILES string of the molecule is CCCn1ncnc1CC(NCC)C1CCCC1(C)C. The van der Waals surface area contributed by atoms with Crippen LogP contribution in [-0.2, 0) is 13.0 Å². The van der Waals surface area contributed by atoms with Gasteiger partial charge in [0, 0.05) is 19.0 Å². The van der Waals surface area contributed by atoms with Crippen LogP contribution in [0.4, 0.5) is 0 Å². The van der Waals surface area contributed by atoms with Gasteiger partial charge in [-0.15, -0.1) is 0 Å². The molecule has 0 saturated heterocycles. The van der Waals surface area contributed by atoms with Crippen LogP contribution in [0, 0.1) is 11.3 Å². The number of hydrogen-bond acceptors (Lipinski definition) is 3. The standard InChI is InChI=1S/C16H30N4/c1-5-10-20-15(18-12-19-20)11-14(17-6-2)13-8-7-9-16(13,3)4/h12-14,17H,5-11H2,1-4H3. The van der Waals surface area contributed by atoms with E-state index in [1.165, 1.54) is 19.3 Å². The minimum atomic E-state index is 0.447. The van der Waals surface area contributed by atoms with Gasteiger partial charge in [0.1, 0.15) is 12.2 Å². The lowest BCUT2D eigenvalue weighted by atomic mass is 9.76. The molecule has 1 saturated carbocycles. The molecule has 0 spiro atoms. The summed E-state index contributed by atoms with van der Waals surface area (Å²) in [4.78, 5) is 4.49. The van der Waals surface area contributed by atoms with E-state index in [1.807, 2.05) is 0 Å². The van der Waals surface area contributed by atoms with E-state index in [2.05, 4.69) is 47.8 Å². The molecule has 2 unspecified atom stereocenters. The molecule has 0 bridgehead atoms. The Hall–Kier alpha value is -0.900. The fraction of sp³-hybridized carbons (Fsp3) is 0.875. The Morgan fingerprint density at radius 3 is 2.85 bits per heavy atom. The van der Waals surface area contributed by atoms with Crippen molar-refractivity contribution in [2.45, 2.75) is 72.4 Å². The van der Waals surface area contributed by atoms with Crippen LogP contribution in [0.3, 0.4) is 0 Å². The Kier molecular flexibility index (Phi) is 5.19. The summed E-state index contributed by atoms with van der Waals surface area (Å²) in [6.45, 7) is 11.2. The van der Waals surface area contributed by atoms with Gasteiger partial charge in [0.05, 0.1) is 0 Å². The van der Waals surface area contributed by atoms with Gasteiger partial charge in [0.15, 0.2) is 0 Å². The first-order chi connectivity index (χ1) is 9.58. The first kappa shape index (κ1) is 15.5. The second-order valence-electron chi connectivity index (χ2n) is 6.76.